The zero-order valence-corrected chi connectivity index (χ0v) is 12.2. The number of carbonyl (C=O) groups excluding carboxylic acids is 1. The number of rotatable bonds is 5. The van der Waals surface area contributed by atoms with Gasteiger partial charge in [0.2, 0.25) is 0 Å². The van der Waals surface area contributed by atoms with Crippen LogP contribution >= 0.6 is 0 Å². The molecule has 2 amide bonds. The third kappa shape index (κ3) is 4.56. The molecule has 0 saturated carbocycles. The lowest BCUT2D eigenvalue weighted by atomic mass is 9.82. The maximum absolute atomic E-state index is 11.6. The van der Waals surface area contributed by atoms with Crippen molar-refractivity contribution in [1.82, 2.24) is 10.6 Å². The van der Waals surface area contributed by atoms with Crippen molar-refractivity contribution in [3.05, 3.63) is 35.4 Å². The number of benzene rings is 1. The minimum Gasteiger partial charge on any atom is -0.394 e. The molecule has 3 N–H and O–H groups in total. The van der Waals surface area contributed by atoms with Crippen LogP contribution in [0, 0.1) is 6.92 Å². The Kier molecular flexibility index (Phi) is 5.36. The molecular formula is C15H24N2O2. The molecule has 19 heavy (non-hydrogen) atoms. The van der Waals surface area contributed by atoms with Gasteiger partial charge in [-0.3, -0.25) is 0 Å². The van der Waals surface area contributed by atoms with Gasteiger partial charge in [0, 0.05) is 12.0 Å². The number of aryl methyl sites for hydroxylation is 1. The summed E-state index contributed by atoms with van der Waals surface area (Å²) in [4.78, 5) is 11.6. The predicted octanol–water partition coefficient (Wildman–Crippen LogP) is 1.95. The quantitative estimate of drug-likeness (QED) is 0.761. The Morgan fingerprint density at radius 3 is 2.58 bits per heavy atom. The molecule has 0 bridgehead atoms. The van der Waals surface area contributed by atoms with Crippen LogP contribution in [0.2, 0.25) is 0 Å². The van der Waals surface area contributed by atoms with Crippen LogP contribution in [-0.2, 0) is 5.41 Å². The highest BCUT2D eigenvalue weighted by Gasteiger charge is 2.23. The summed E-state index contributed by atoms with van der Waals surface area (Å²) in [6.07, 6.45) is 0. The Bertz CT molecular complexity index is 430. The predicted molar refractivity (Wildman–Crippen MR) is 77.3 cm³/mol. The van der Waals surface area contributed by atoms with Gasteiger partial charge < -0.3 is 15.7 Å². The number of hydrogen-bond acceptors (Lipinski definition) is 2. The van der Waals surface area contributed by atoms with E-state index in [-0.39, 0.29) is 24.1 Å². The lowest BCUT2D eigenvalue weighted by molar-refractivity contribution is 0.218. The third-order valence-corrected chi connectivity index (χ3v) is 3.22. The number of amides is 2. The largest absolute Gasteiger partial charge is 0.394 e. The van der Waals surface area contributed by atoms with Crippen LogP contribution in [0.5, 0.6) is 0 Å². The Balaban J connectivity index is 2.61. The standard InChI is InChI=1S/C15H24N2O2/c1-11-7-5-6-8-13(11)15(3,4)10-16-14(19)17-12(2)9-18/h5-8,12,18H,9-10H2,1-4H3,(H2,16,17,19)/t12-/m0/s1. The molecule has 0 fully saturated rings. The third-order valence-electron chi connectivity index (χ3n) is 3.22. The molecule has 106 valence electrons. The highest BCUT2D eigenvalue weighted by atomic mass is 16.3. The topological polar surface area (TPSA) is 61.4 Å². The molecule has 0 spiro atoms. The second kappa shape index (κ2) is 6.57. The second-order valence-corrected chi connectivity index (χ2v) is 5.61. The van der Waals surface area contributed by atoms with Crippen molar-refractivity contribution in [2.24, 2.45) is 0 Å². The van der Waals surface area contributed by atoms with Gasteiger partial charge in [-0.1, -0.05) is 38.1 Å². The molecule has 1 aromatic rings. The molecule has 0 unspecified atom stereocenters. The first-order chi connectivity index (χ1) is 8.86. The van der Waals surface area contributed by atoms with Crippen LogP contribution in [0.4, 0.5) is 4.79 Å². The van der Waals surface area contributed by atoms with E-state index in [4.69, 9.17) is 5.11 Å². The van der Waals surface area contributed by atoms with E-state index >= 15 is 0 Å². The van der Waals surface area contributed by atoms with E-state index in [1.54, 1.807) is 6.92 Å². The SMILES string of the molecule is Cc1ccccc1C(C)(C)CNC(=O)N[C@@H](C)CO. The van der Waals surface area contributed by atoms with E-state index in [9.17, 15) is 4.79 Å². The van der Waals surface area contributed by atoms with Crippen molar-refractivity contribution >= 4 is 6.03 Å². The summed E-state index contributed by atoms with van der Waals surface area (Å²) in [5.74, 6) is 0. The maximum atomic E-state index is 11.6. The molecule has 0 aliphatic rings. The molecule has 0 heterocycles. The minimum absolute atomic E-state index is 0.0609. The Morgan fingerprint density at radius 2 is 2.00 bits per heavy atom. The average Bonchev–Trinajstić information content (AvgIpc) is 2.36. The Hall–Kier alpha value is -1.55. The smallest absolute Gasteiger partial charge is 0.315 e. The van der Waals surface area contributed by atoms with Gasteiger partial charge >= 0.3 is 6.03 Å². The van der Waals surface area contributed by atoms with E-state index in [1.807, 2.05) is 12.1 Å². The lowest BCUT2D eigenvalue weighted by Gasteiger charge is -2.27. The monoisotopic (exact) mass is 264 g/mol. The second-order valence-electron chi connectivity index (χ2n) is 5.61. The maximum Gasteiger partial charge on any atom is 0.315 e. The molecule has 1 rings (SSSR count). The summed E-state index contributed by atoms with van der Waals surface area (Å²) in [5, 5.41) is 14.4. The fourth-order valence-corrected chi connectivity index (χ4v) is 2.05. The van der Waals surface area contributed by atoms with Gasteiger partial charge in [-0.2, -0.15) is 0 Å². The van der Waals surface area contributed by atoms with Gasteiger partial charge in [-0.15, -0.1) is 0 Å². The van der Waals surface area contributed by atoms with E-state index in [0.717, 1.165) is 0 Å². The van der Waals surface area contributed by atoms with Crippen molar-refractivity contribution in [2.75, 3.05) is 13.2 Å². The van der Waals surface area contributed by atoms with Gasteiger partial charge in [-0.05, 0) is 25.0 Å². The zero-order chi connectivity index (χ0) is 14.5. The lowest BCUT2D eigenvalue weighted by Crippen LogP contribution is -2.46. The molecule has 1 aromatic carbocycles. The average molecular weight is 264 g/mol. The number of aliphatic hydroxyl groups is 1. The van der Waals surface area contributed by atoms with Crippen LogP contribution in [-0.4, -0.2) is 30.3 Å². The van der Waals surface area contributed by atoms with Crippen LogP contribution in [0.15, 0.2) is 24.3 Å². The van der Waals surface area contributed by atoms with E-state index in [2.05, 4.69) is 43.5 Å². The molecule has 4 nitrogen and oxygen atoms in total. The van der Waals surface area contributed by atoms with Crippen LogP contribution < -0.4 is 10.6 Å². The molecule has 0 aromatic heterocycles. The van der Waals surface area contributed by atoms with Crippen molar-refractivity contribution in [3.8, 4) is 0 Å². The van der Waals surface area contributed by atoms with Gasteiger partial charge in [-0.25, -0.2) is 4.79 Å². The highest BCUT2D eigenvalue weighted by molar-refractivity contribution is 5.74. The Labute approximate surface area is 115 Å². The van der Waals surface area contributed by atoms with Gasteiger partial charge in [0.1, 0.15) is 0 Å². The summed E-state index contributed by atoms with van der Waals surface area (Å²) in [7, 11) is 0. The van der Waals surface area contributed by atoms with E-state index < -0.39 is 0 Å². The van der Waals surface area contributed by atoms with Crippen molar-refractivity contribution in [2.45, 2.75) is 39.2 Å². The number of hydrogen-bond donors (Lipinski definition) is 3. The fourth-order valence-electron chi connectivity index (χ4n) is 2.05. The fraction of sp³-hybridized carbons (Fsp3) is 0.533. The highest BCUT2D eigenvalue weighted by Crippen LogP contribution is 2.25. The molecule has 0 radical (unpaired) electrons. The summed E-state index contributed by atoms with van der Waals surface area (Å²) in [5.41, 5.74) is 2.31. The van der Waals surface area contributed by atoms with Crippen molar-refractivity contribution < 1.29 is 9.90 Å². The minimum atomic E-state index is -0.247. The summed E-state index contributed by atoms with van der Waals surface area (Å²) < 4.78 is 0. The zero-order valence-electron chi connectivity index (χ0n) is 12.2. The normalized spacial score (nSPS) is 12.9. The van der Waals surface area contributed by atoms with Gasteiger partial charge in [0.25, 0.3) is 0 Å². The molecule has 1 atom stereocenters. The van der Waals surface area contributed by atoms with Crippen LogP contribution in [0.3, 0.4) is 0 Å². The first-order valence-electron chi connectivity index (χ1n) is 6.58. The number of aliphatic hydroxyl groups excluding tert-OH is 1. The van der Waals surface area contributed by atoms with Gasteiger partial charge in [0.05, 0.1) is 12.6 Å². The van der Waals surface area contributed by atoms with Crippen molar-refractivity contribution in [1.29, 1.82) is 0 Å². The summed E-state index contributed by atoms with van der Waals surface area (Å²) in [6, 6.07) is 7.71. The molecule has 0 aliphatic carbocycles. The van der Waals surface area contributed by atoms with Crippen molar-refractivity contribution in [3.63, 3.8) is 0 Å². The van der Waals surface area contributed by atoms with E-state index in [0.29, 0.717) is 6.54 Å². The first-order valence-corrected chi connectivity index (χ1v) is 6.58. The van der Waals surface area contributed by atoms with Crippen LogP contribution in [0.25, 0.3) is 0 Å². The van der Waals surface area contributed by atoms with E-state index in [1.165, 1.54) is 11.1 Å². The first kappa shape index (κ1) is 15.5. The summed E-state index contributed by atoms with van der Waals surface area (Å²) >= 11 is 0. The van der Waals surface area contributed by atoms with Gasteiger partial charge in [0.15, 0.2) is 0 Å². The Morgan fingerprint density at radius 1 is 1.37 bits per heavy atom. The van der Waals surface area contributed by atoms with Crippen LogP contribution in [0.1, 0.15) is 31.9 Å². The molecular weight excluding hydrogens is 240 g/mol. The number of nitrogens with one attached hydrogen (secondary N) is 2. The summed E-state index contributed by atoms with van der Waals surface area (Å²) in [6.45, 7) is 8.52. The number of urea groups is 1. The molecule has 4 heteroatoms. The molecule has 0 saturated heterocycles. The molecule has 0 aliphatic heterocycles. The number of carbonyl (C=O) groups is 1.